The molecule has 2 aromatic rings. The van der Waals surface area contributed by atoms with Gasteiger partial charge in [-0.3, -0.25) is 4.98 Å². The van der Waals surface area contributed by atoms with Crippen LogP contribution in [0.2, 0.25) is 0 Å². The van der Waals surface area contributed by atoms with E-state index in [0.29, 0.717) is 0 Å². The molecule has 0 unspecified atom stereocenters. The van der Waals surface area contributed by atoms with Crippen molar-refractivity contribution < 1.29 is 0 Å². The molecule has 1 aliphatic rings. The third-order valence-electron chi connectivity index (χ3n) is 3.58. The summed E-state index contributed by atoms with van der Waals surface area (Å²) in [6, 6.07) is 8.36. The van der Waals surface area contributed by atoms with Crippen molar-refractivity contribution in [3.8, 4) is 11.3 Å². The van der Waals surface area contributed by atoms with Gasteiger partial charge in [-0.1, -0.05) is 64.6 Å². The SMILES string of the molecule is Cc1cccc(-c2cncc(C3=CC[C@](C)(I)C=C3)n2)c1. The van der Waals surface area contributed by atoms with Crippen LogP contribution in [0.25, 0.3) is 16.8 Å². The van der Waals surface area contributed by atoms with E-state index in [1.54, 1.807) is 0 Å². The van der Waals surface area contributed by atoms with Crippen molar-refractivity contribution in [3.63, 3.8) is 0 Å². The number of benzene rings is 1. The molecule has 0 N–H and O–H groups in total. The summed E-state index contributed by atoms with van der Waals surface area (Å²) in [5, 5.41) is 0. The lowest BCUT2D eigenvalue weighted by Gasteiger charge is -2.20. The molecular formula is C18H17IN2. The maximum Gasteiger partial charge on any atom is 0.0892 e. The maximum atomic E-state index is 4.77. The highest BCUT2D eigenvalue weighted by Crippen LogP contribution is 2.32. The highest BCUT2D eigenvalue weighted by atomic mass is 127. The highest BCUT2D eigenvalue weighted by Gasteiger charge is 2.19. The summed E-state index contributed by atoms with van der Waals surface area (Å²) >= 11 is 2.47. The first-order valence-electron chi connectivity index (χ1n) is 7.01. The number of hydrogen-bond donors (Lipinski definition) is 0. The predicted octanol–water partition coefficient (Wildman–Crippen LogP) is 4.99. The molecule has 0 fully saturated rings. The topological polar surface area (TPSA) is 25.8 Å². The van der Waals surface area contributed by atoms with E-state index in [0.717, 1.165) is 28.9 Å². The summed E-state index contributed by atoms with van der Waals surface area (Å²) in [5.74, 6) is 0. The van der Waals surface area contributed by atoms with Crippen LogP contribution in [0, 0.1) is 6.92 Å². The molecule has 1 aliphatic carbocycles. The molecule has 3 heteroatoms. The fourth-order valence-corrected chi connectivity index (χ4v) is 2.75. The van der Waals surface area contributed by atoms with Crippen LogP contribution in [0.5, 0.6) is 0 Å². The minimum atomic E-state index is 0.211. The molecule has 0 saturated carbocycles. The Morgan fingerprint density at radius 3 is 2.71 bits per heavy atom. The van der Waals surface area contributed by atoms with Gasteiger partial charge in [0.25, 0.3) is 0 Å². The van der Waals surface area contributed by atoms with E-state index < -0.39 is 0 Å². The summed E-state index contributed by atoms with van der Waals surface area (Å²) in [7, 11) is 0. The van der Waals surface area contributed by atoms with Gasteiger partial charge in [0.05, 0.1) is 23.8 Å². The molecule has 0 spiro atoms. The molecule has 1 atom stereocenters. The second-order valence-corrected chi connectivity index (χ2v) is 8.10. The third kappa shape index (κ3) is 3.40. The number of aryl methyl sites for hydroxylation is 1. The van der Waals surface area contributed by atoms with Crippen LogP contribution in [-0.4, -0.2) is 13.4 Å². The molecular weight excluding hydrogens is 371 g/mol. The minimum absolute atomic E-state index is 0.211. The van der Waals surface area contributed by atoms with E-state index in [-0.39, 0.29) is 3.42 Å². The van der Waals surface area contributed by atoms with Crippen molar-refractivity contribution in [1.82, 2.24) is 9.97 Å². The van der Waals surface area contributed by atoms with Gasteiger partial charge in [-0.2, -0.15) is 0 Å². The van der Waals surface area contributed by atoms with E-state index in [1.165, 1.54) is 5.56 Å². The molecule has 0 bridgehead atoms. The Bertz CT molecular complexity index is 730. The van der Waals surface area contributed by atoms with Crippen molar-refractivity contribution in [1.29, 1.82) is 0 Å². The zero-order chi connectivity index (χ0) is 14.9. The zero-order valence-corrected chi connectivity index (χ0v) is 14.3. The molecule has 3 rings (SSSR count). The normalized spacial score (nSPS) is 21.2. The molecule has 2 nitrogen and oxygen atoms in total. The van der Waals surface area contributed by atoms with Crippen LogP contribution in [0.3, 0.4) is 0 Å². The van der Waals surface area contributed by atoms with Crippen LogP contribution < -0.4 is 0 Å². The highest BCUT2D eigenvalue weighted by molar-refractivity contribution is 14.1. The quantitative estimate of drug-likeness (QED) is 0.535. The van der Waals surface area contributed by atoms with Crippen LogP contribution in [0.1, 0.15) is 24.6 Å². The molecule has 106 valence electrons. The monoisotopic (exact) mass is 388 g/mol. The molecule has 1 heterocycles. The van der Waals surface area contributed by atoms with E-state index in [4.69, 9.17) is 4.98 Å². The first-order chi connectivity index (χ1) is 10.0. The second-order valence-electron chi connectivity index (χ2n) is 5.63. The Labute approximate surface area is 139 Å². The van der Waals surface area contributed by atoms with Crippen LogP contribution >= 0.6 is 22.6 Å². The van der Waals surface area contributed by atoms with Crippen LogP contribution in [0.4, 0.5) is 0 Å². The number of allylic oxidation sites excluding steroid dienone is 4. The van der Waals surface area contributed by atoms with E-state index >= 15 is 0 Å². The standard InChI is InChI=1S/C18H17IN2/c1-13-4-3-5-15(10-13)17-12-20-11-16(21-17)14-6-8-18(2,19)9-7-14/h3-8,10-12H,9H2,1-2H3/t18-/m1/s1. The van der Waals surface area contributed by atoms with Crippen molar-refractivity contribution >= 4 is 28.2 Å². The first kappa shape index (κ1) is 14.4. The van der Waals surface area contributed by atoms with Gasteiger partial charge < -0.3 is 0 Å². The Balaban J connectivity index is 1.95. The van der Waals surface area contributed by atoms with E-state index in [1.807, 2.05) is 12.4 Å². The summed E-state index contributed by atoms with van der Waals surface area (Å²) in [5.41, 5.74) is 5.37. The van der Waals surface area contributed by atoms with Gasteiger partial charge in [-0.05, 0) is 31.9 Å². The van der Waals surface area contributed by atoms with Gasteiger partial charge in [0.1, 0.15) is 0 Å². The summed E-state index contributed by atoms with van der Waals surface area (Å²) < 4.78 is 0.211. The molecule has 0 aliphatic heterocycles. The Kier molecular flexibility index (Phi) is 3.93. The smallest absolute Gasteiger partial charge is 0.0892 e. The Hall–Kier alpha value is -1.49. The summed E-state index contributed by atoms with van der Waals surface area (Å²) in [4.78, 5) is 9.13. The number of alkyl halides is 1. The van der Waals surface area contributed by atoms with Gasteiger partial charge in [0, 0.05) is 8.99 Å². The zero-order valence-electron chi connectivity index (χ0n) is 12.2. The fourth-order valence-electron chi connectivity index (χ4n) is 2.35. The van der Waals surface area contributed by atoms with Gasteiger partial charge in [-0.15, -0.1) is 0 Å². The molecule has 1 aromatic heterocycles. The van der Waals surface area contributed by atoms with Gasteiger partial charge >= 0.3 is 0 Å². The number of hydrogen-bond acceptors (Lipinski definition) is 2. The van der Waals surface area contributed by atoms with Crippen LogP contribution in [0.15, 0.2) is 54.9 Å². The van der Waals surface area contributed by atoms with Gasteiger partial charge in [0.15, 0.2) is 0 Å². The molecule has 0 saturated heterocycles. The lowest BCUT2D eigenvalue weighted by molar-refractivity contribution is 0.838. The number of nitrogens with zero attached hydrogens (tertiary/aromatic N) is 2. The fraction of sp³-hybridized carbons (Fsp3) is 0.222. The van der Waals surface area contributed by atoms with Crippen molar-refractivity contribution in [2.24, 2.45) is 0 Å². The van der Waals surface area contributed by atoms with Crippen molar-refractivity contribution in [2.45, 2.75) is 23.7 Å². The van der Waals surface area contributed by atoms with Crippen molar-refractivity contribution in [2.75, 3.05) is 0 Å². The summed E-state index contributed by atoms with van der Waals surface area (Å²) in [6.07, 6.45) is 11.3. The average Bonchev–Trinajstić information content (AvgIpc) is 2.47. The number of halogens is 1. The lowest BCUT2D eigenvalue weighted by atomic mass is 9.97. The third-order valence-corrected chi connectivity index (χ3v) is 4.38. The second kappa shape index (κ2) is 5.72. The van der Waals surface area contributed by atoms with E-state index in [2.05, 4.69) is 83.9 Å². The van der Waals surface area contributed by atoms with Crippen LogP contribution in [-0.2, 0) is 0 Å². The van der Waals surface area contributed by atoms with E-state index in [9.17, 15) is 0 Å². The molecule has 0 amide bonds. The number of aromatic nitrogens is 2. The minimum Gasteiger partial charge on any atom is -0.260 e. The van der Waals surface area contributed by atoms with Gasteiger partial charge in [-0.25, -0.2) is 4.98 Å². The van der Waals surface area contributed by atoms with Gasteiger partial charge in [0.2, 0.25) is 0 Å². The average molecular weight is 388 g/mol. The maximum absolute atomic E-state index is 4.77. The largest absolute Gasteiger partial charge is 0.260 e. The number of rotatable bonds is 2. The summed E-state index contributed by atoms with van der Waals surface area (Å²) in [6.45, 7) is 4.32. The molecule has 21 heavy (non-hydrogen) atoms. The predicted molar refractivity (Wildman–Crippen MR) is 96.4 cm³/mol. The first-order valence-corrected chi connectivity index (χ1v) is 8.09. The lowest BCUT2D eigenvalue weighted by Crippen LogP contribution is -2.12. The Morgan fingerprint density at radius 1 is 1.19 bits per heavy atom. The molecule has 1 aromatic carbocycles. The Morgan fingerprint density at radius 2 is 2.00 bits per heavy atom. The van der Waals surface area contributed by atoms with Crippen molar-refractivity contribution in [3.05, 3.63) is 66.1 Å². The molecule has 0 radical (unpaired) electrons.